The third kappa shape index (κ3) is 11.5. The van der Waals surface area contributed by atoms with Crippen LogP contribution in [-0.2, 0) is 14.4 Å². The number of carbonyl (C=O) groups is 3. The van der Waals surface area contributed by atoms with Crippen molar-refractivity contribution in [1.82, 2.24) is 10.6 Å². The summed E-state index contributed by atoms with van der Waals surface area (Å²) in [6, 6.07) is -0.676. The molecule has 0 rings (SSSR count). The average Bonchev–Trinajstić information content (AvgIpc) is 2.43. The lowest BCUT2D eigenvalue weighted by atomic mass is 10.0. The number of amides is 1. The van der Waals surface area contributed by atoms with Crippen LogP contribution in [0.15, 0.2) is 0 Å². The number of ketones is 2. The minimum Gasteiger partial charge on any atom is -0.346 e. The lowest BCUT2D eigenvalue weighted by Crippen LogP contribution is -2.41. The highest BCUT2D eigenvalue weighted by molar-refractivity contribution is 7.80. The number of nitrogens with one attached hydrogen (secondary N) is 2. The highest BCUT2D eigenvalue weighted by Gasteiger charge is 2.20. The molecule has 6 heteroatoms. The monoisotopic (exact) mass is 316 g/mol. The summed E-state index contributed by atoms with van der Waals surface area (Å²) in [5.41, 5.74) is 0. The molecule has 2 N–H and O–H groups in total. The van der Waals surface area contributed by atoms with Crippen molar-refractivity contribution >= 4 is 30.1 Å². The molecule has 0 aromatic rings. The van der Waals surface area contributed by atoms with E-state index in [1.807, 2.05) is 7.05 Å². The quantitative estimate of drug-likeness (QED) is 0.356. The van der Waals surface area contributed by atoms with Crippen molar-refractivity contribution in [2.24, 2.45) is 0 Å². The average molecular weight is 316 g/mol. The molecule has 0 saturated heterocycles. The fourth-order valence-corrected chi connectivity index (χ4v) is 2.15. The molecular formula is C15H28N2O3S. The van der Waals surface area contributed by atoms with Crippen molar-refractivity contribution in [2.75, 3.05) is 19.3 Å². The molecule has 0 unspecified atom stereocenters. The van der Waals surface area contributed by atoms with Crippen molar-refractivity contribution < 1.29 is 14.4 Å². The Balaban J connectivity index is 4.08. The van der Waals surface area contributed by atoms with Gasteiger partial charge >= 0.3 is 0 Å². The van der Waals surface area contributed by atoms with E-state index in [1.54, 1.807) is 0 Å². The van der Waals surface area contributed by atoms with Crippen LogP contribution in [0.2, 0.25) is 0 Å². The lowest BCUT2D eigenvalue weighted by molar-refractivity contribution is -0.129. The SMILES string of the molecule is CNCCCC(=O)C[C@H](NC(=O)CCCCCS)C(C)=O. The molecular weight excluding hydrogens is 288 g/mol. The standard InChI is InChI=1S/C15H28N2O3S/c1-12(18)14(11-13(19)7-6-9-16-2)17-15(20)8-4-3-5-10-21/h14,16,21H,3-11H2,1-2H3,(H,17,20)/t14-/m0/s1. The number of thiol groups is 1. The molecule has 5 nitrogen and oxygen atoms in total. The maximum Gasteiger partial charge on any atom is 0.220 e. The molecule has 0 aromatic carbocycles. The van der Waals surface area contributed by atoms with E-state index < -0.39 is 6.04 Å². The second-order valence-electron chi connectivity index (χ2n) is 5.21. The minimum atomic E-state index is -0.676. The predicted molar refractivity (Wildman–Crippen MR) is 87.7 cm³/mol. The van der Waals surface area contributed by atoms with E-state index in [9.17, 15) is 14.4 Å². The van der Waals surface area contributed by atoms with Gasteiger partial charge in [-0.05, 0) is 45.5 Å². The Bertz CT molecular complexity index is 335. The molecule has 0 radical (unpaired) electrons. The summed E-state index contributed by atoms with van der Waals surface area (Å²) in [6.45, 7) is 2.18. The highest BCUT2D eigenvalue weighted by atomic mass is 32.1. The van der Waals surface area contributed by atoms with Gasteiger partial charge in [0.15, 0.2) is 5.78 Å². The fraction of sp³-hybridized carbons (Fsp3) is 0.800. The van der Waals surface area contributed by atoms with E-state index in [1.165, 1.54) is 6.92 Å². The molecule has 1 atom stereocenters. The lowest BCUT2D eigenvalue weighted by Gasteiger charge is -2.15. The maximum absolute atomic E-state index is 11.8. The Kier molecular flexibility index (Phi) is 12.3. The van der Waals surface area contributed by atoms with Crippen LogP contribution in [-0.4, -0.2) is 42.9 Å². The van der Waals surface area contributed by atoms with Gasteiger partial charge in [-0.1, -0.05) is 6.42 Å². The first kappa shape index (κ1) is 20.1. The number of unbranched alkanes of at least 4 members (excludes halogenated alkanes) is 2. The molecule has 1 amide bonds. The van der Waals surface area contributed by atoms with Crippen LogP contribution in [0.25, 0.3) is 0 Å². The summed E-state index contributed by atoms with van der Waals surface area (Å²) >= 11 is 4.11. The van der Waals surface area contributed by atoms with Crippen molar-refractivity contribution in [3.63, 3.8) is 0 Å². The van der Waals surface area contributed by atoms with Gasteiger partial charge in [0, 0.05) is 19.3 Å². The van der Waals surface area contributed by atoms with Crippen molar-refractivity contribution in [3.05, 3.63) is 0 Å². The van der Waals surface area contributed by atoms with Crippen LogP contribution in [0.5, 0.6) is 0 Å². The van der Waals surface area contributed by atoms with Gasteiger partial charge in [-0.2, -0.15) is 12.6 Å². The maximum atomic E-state index is 11.8. The van der Waals surface area contributed by atoms with E-state index in [4.69, 9.17) is 0 Å². The Morgan fingerprint density at radius 1 is 1.05 bits per heavy atom. The van der Waals surface area contributed by atoms with E-state index >= 15 is 0 Å². The Morgan fingerprint density at radius 2 is 1.76 bits per heavy atom. The third-order valence-electron chi connectivity index (χ3n) is 3.20. The first-order valence-corrected chi connectivity index (χ1v) is 8.21. The zero-order valence-electron chi connectivity index (χ0n) is 13.1. The predicted octanol–water partition coefficient (Wildman–Crippen LogP) is 1.51. The van der Waals surface area contributed by atoms with E-state index in [0.29, 0.717) is 12.8 Å². The van der Waals surface area contributed by atoms with Crippen molar-refractivity contribution in [2.45, 2.75) is 57.9 Å². The summed E-state index contributed by atoms with van der Waals surface area (Å²) in [5.74, 6) is 0.512. The molecule has 122 valence electrons. The van der Waals surface area contributed by atoms with Crippen LogP contribution in [0.4, 0.5) is 0 Å². The van der Waals surface area contributed by atoms with Crippen molar-refractivity contribution in [3.8, 4) is 0 Å². The molecule has 0 heterocycles. The zero-order chi connectivity index (χ0) is 16.1. The Labute approximate surface area is 133 Å². The normalized spacial score (nSPS) is 12.0. The number of rotatable bonds is 13. The molecule has 21 heavy (non-hydrogen) atoms. The van der Waals surface area contributed by atoms with E-state index in [0.717, 1.165) is 38.0 Å². The summed E-state index contributed by atoms with van der Waals surface area (Å²) < 4.78 is 0. The smallest absolute Gasteiger partial charge is 0.220 e. The van der Waals surface area contributed by atoms with E-state index in [2.05, 4.69) is 23.3 Å². The van der Waals surface area contributed by atoms with Gasteiger partial charge in [0.25, 0.3) is 0 Å². The second kappa shape index (κ2) is 12.8. The highest BCUT2D eigenvalue weighted by Crippen LogP contribution is 2.04. The number of carbonyl (C=O) groups excluding carboxylic acids is 3. The van der Waals surface area contributed by atoms with Crippen LogP contribution >= 0.6 is 12.6 Å². The third-order valence-corrected chi connectivity index (χ3v) is 3.52. The molecule has 0 aliphatic heterocycles. The van der Waals surface area contributed by atoms with Crippen LogP contribution in [0, 0.1) is 0 Å². The molecule has 0 aliphatic carbocycles. The molecule has 0 bridgehead atoms. The zero-order valence-corrected chi connectivity index (χ0v) is 14.0. The second-order valence-corrected chi connectivity index (χ2v) is 5.66. The minimum absolute atomic E-state index is 0.0147. The largest absolute Gasteiger partial charge is 0.346 e. The first-order chi connectivity index (χ1) is 10.0. The van der Waals surface area contributed by atoms with Gasteiger partial charge in [0.05, 0.1) is 6.04 Å². The Hall–Kier alpha value is -0.880. The van der Waals surface area contributed by atoms with Gasteiger partial charge in [0.2, 0.25) is 5.91 Å². The summed E-state index contributed by atoms with van der Waals surface area (Å²) in [4.78, 5) is 35.1. The van der Waals surface area contributed by atoms with E-state index in [-0.39, 0.29) is 23.9 Å². The van der Waals surface area contributed by atoms with Gasteiger partial charge in [0.1, 0.15) is 5.78 Å². The number of hydrogen-bond acceptors (Lipinski definition) is 5. The topological polar surface area (TPSA) is 75.3 Å². The van der Waals surface area contributed by atoms with Gasteiger partial charge in [-0.25, -0.2) is 0 Å². The van der Waals surface area contributed by atoms with Crippen LogP contribution < -0.4 is 10.6 Å². The van der Waals surface area contributed by atoms with Crippen LogP contribution in [0.1, 0.15) is 51.9 Å². The first-order valence-electron chi connectivity index (χ1n) is 7.58. The summed E-state index contributed by atoms with van der Waals surface area (Å²) in [6.07, 6.45) is 4.39. The summed E-state index contributed by atoms with van der Waals surface area (Å²) in [7, 11) is 1.83. The Morgan fingerprint density at radius 3 is 2.33 bits per heavy atom. The molecule has 0 fully saturated rings. The number of Topliss-reactive ketones (excluding diaryl/α,β-unsaturated/α-hetero) is 2. The molecule has 0 aliphatic rings. The summed E-state index contributed by atoms with van der Waals surface area (Å²) in [5, 5.41) is 5.64. The molecule has 0 saturated carbocycles. The van der Waals surface area contributed by atoms with Gasteiger partial charge < -0.3 is 10.6 Å². The molecule has 0 spiro atoms. The van der Waals surface area contributed by atoms with Gasteiger partial charge in [-0.15, -0.1) is 0 Å². The fourth-order valence-electron chi connectivity index (χ4n) is 1.93. The number of hydrogen-bond donors (Lipinski definition) is 3. The van der Waals surface area contributed by atoms with Crippen molar-refractivity contribution in [1.29, 1.82) is 0 Å². The van der Waals surface area contributed by atoms with Crippen LogP contribution in [0.3, 0.4) is 0 Å². The molecule has 0 aromatic heterocycles. The van der Waals surface area contributed by atoms with Gasteiger partial charge in [-0.3, -0.25) is 14.4 Å².